The van der Waals surface area contributed by atoms with Crippen LogP contribution in [0.5, 0.6) is 0 Å². The SMILES string of the molecule is CCN(CC)c1nc(Nc2ccc(=O)n(C)c2)c2c(n1)c(C(=O)O)nn2CCOCC(F)(F)F. The number of aryl methyl sites for hydroxylation is 1. The molecule has 3 rings (SSSR count). The lowest BCUT2D eigenvalue weighted by Gasteiger charge is -2.20. The van der Waals surface area contributed by atoms with Crippen molar-refractivity contribution in [3.63, 3.8) is 0 Å². The van der Waals surface area contributed by atoms with E-state index in [1.54, 1.807) is 11.9 Å². The van der Waals surface area contributed by atoms with E-state index < -0.39 is 18.8 Å². The van der Waals surface area contributed by atoms with Crippen molar-refractivity contribution < 1.29 is 27.8 Å². The molecule has 0 aromatic carbocycles. The van der Waals surface area contributed by atoms with Gasteiger partial charge in [0.25, 0.3) is 0 Å². The van der Waals surface area contributed by atoms with Gasteiger partial charge in [0, 0.05) is 32.4 Å². The number of ether oxygens (including phenoxy) is 1. The van der Waals surface area contributed by atoms with Crippen LogP contribution in [0.15, 0.2) is 23.1 Å². The number of anilines is 3. The fraction of sp³-hybridized carbons (Fsp3) is 0.450. The molecular formula is C20H24F3N7O4. The maximum atomic E-state index is 12.4. The average molecular weight is 483 g/mol. The highest BCUT2D eigenvalue weighted by atomic mass is 19.4. The van der Waals surface area contributed by atoms with Gasteiger partial charge in [0.2, 0.25) is 11.5 Å². The fourth-order valence-corrected chi connectivity index (χ4v) is 3.26. The molecule has 0 radical (unpaired) electrons. The van der Waals surface area contributed by atoms with E-state index in [1.807, 2.05) is 13.8 Å². The normalized spacial score (nSPS) is 11.7. The summed E-state index contributed by atoms with van der Waals surface area (Å²) in [6.07, 6.45) is -2.96. The van der Waals surface area contributed by atoms with Crippen molar-refractivity contribution in [1.29, 1.82) is 0 Å². The van der Waals surface area contributed by atoms with Gasteiger partial charge in [0.05, 0.1) is 18.8 Å². The molecule has 0 fully saturated rings. The summed E-state index contributed by atoms with van der Waals surface area (Å²) in [5.41, 5.74) is 0.0724. The summed E-state index contributed by atoms with van der Waals surface area (Å²) < 4.78 is 44.5. The van der Waals surface area contributed by atoms with Gasteiger partial charge >= 0.3 is 12.1 Å². The van der Waals surface area contributed by atoms with Crippen LogP contribution in [0.4, 0.5) is 30.6 Å². The molecule has 0 aliphatic rings. The Kier molecular flexibility index (Phi) is 7.39. The zero-order valence-electron chi connectivity index (χ0n) is 18.8. The maximum absolute atomic E-state index is 12.4. The van der Waals surface area contributed by atoms with Crippen molar-refractivity contribution >= 4 is 34.5 Å². The van der Waals surface area contributed by atoms with Gasteiger partial charge in [0.15, 0.2) is 11.5 Å². The zero-order chi connectivity index (χ0) is 25.0. The number of rotatable bonds is 10. The highest BCUT2D eigenvalue weighted by molar-refractivity contribution is 6.03. The number of halogens is 3. The summed E-state index contributed by atoms with van der Waals surface area (Å²) >= 11 is 0. The number of hydrogen-bond donors (Lipinski definition) is 2. The minimum absolute atomic E-state index is 0.0209. The topological polar surface area (TPSA) is 127 Å². The lowest BCUT2D eigenvalue weighted by atomic mass is 10.3. The molecule has 34 heavy (non-hydrogen) atoms. The second kappa shape index (κ2) is 10.1. The molecule has 0 unspecified atom stereocenters. The number of nitrogens with zero attached hydrogens (tertiary/aromatic N) is 6. The largest absolute Gasteiger partial charge is 0.476 e. The monoisotopic (exact) mass is 483 g/mol. The van der Waals surface area contributed by atoms with Crippen LogP contribution in [0, 0.1) is 0 Å². The maximum Gasteiger partial charge on any atom is 0.411 e. The van der Waals surface area contributed by atoms with Crippen LogP contribution in [-0.4, -0.2) is 67.9 Å². The van der Waals surface area contributed by atoms with Crippen LogP contribution in [0.2, 0.25) is 0 Å². The molecule has 0 bridgehead atoms. The fourth-order valence-electron chi connectivity index (χ4n) is 3.26. The molecule has 3 aromatic heterocycles. The Hall–Kier alpha value is -3.68. The zero-order valence-corrected chi connectivity index (χ0v) is 18.8. The van der Waals surface area contributed by atoms with Gasteiger partial charge in [-0.1, -0.05) is 0 Å². The van der Waals surface area contributed by atoms with Crippen molar-refractivity contribution in [2.45, 2.75) is 26.6 Å². The average Bonchev–Trinajstić information content (AvgIpc) is 3.13. The molecule has 0 aliphatic carbocycles. The minimum Gasteiger partial charge on any atom is -0.476 e. The molecule has 0 saturated heterocycles. The third kappa shape index (κ3) is 5.62. The first kappa shape index (κ1) is 25.0. The second-order valence-electron chi connectivity index (χ2n) is 7.28. The standard InChI is InChI=1S/C20H24F3N7O4/c1-4-29(5-2)19-25-14-15(18(32)33)27-30(8-9-34-11-20(21,22)23)16(14)17(26-19)24-12-6-7-13(31)28(3)10-12/h6-7,10H,4-5,8-9,11H2,1-3H3,(H,32,33)(H,24,25,26). The Morgan fingerprint density at radius 2 is 1.94 bits per heavy atom. The van der Waals surface area contributed by atoms with Crippen molar-refractivity contribution in [2.75, 3.05) is 36.5 Å². The summed E-state index contributed by atoms with van der Waals surface area (Å²) in [5, 5.41) is 16.8. The second-order valence-corrected chi connectivity index (χ2v) is 7.28. The molecule has 184 valence electrons. The van der Waals surface area contributed by atoms with E-state index >= 15 is 0 Å². The number of fused-ring (bicyclic) bond motifs is 1. The van der Waals surface area contributed by atoms with Crippen LogP contribution in [-0.2, 0) is 18.3 Å². The van der Waals surface area contributed by atoms with E-state index in [2.05, 4.69) is 25.1 Å². The summed E-state index contributed by atoms with van der Waals surface area (Å²) in [5.74, 6) is -0.918. The van der Waals surface area contributed by atoms with Crippen molar-refractivity contribution in [2.24, 2.45) is 7.05 Å². The smallest absolute Gasteiger partial charge is 0.411 e. The van der Waals surface area contributed by atoms with Gasteiger partial charge in [-0.05, 0) is 19.9 Å². The van der Waals surface area contributed by atoms with Crippen molar-refractivity contribution in [3.05, 3.63) is 34.4 Å². The predicted molar refractivity (Wildman–Crippen MR) is 118 cm³/mol. The van der Waals surface area contributed by atoms with E-state index in [0.29, 0.717) is 18.8 Å². The minimum atomic E-state index is -4.49. The van der Waals surface area contributed by atoms with Gasteiger partial charge < -0.3 is 24.6 Å². The molecule has 11 nitrogen and oxygen atoms in total. The molecular weight excluding hydrogens is 459 g/mol. The first-order valence-electron chi connectivity index (χ1n) is 10.4. The van der Waals surface area contributed by atoms with E-state index in [0.717, 1.165) is 0 Å². The van der Waals surface area contributed by atoms with Gasteiger partial charge in [-0.25, -0.2) is 9.78 Å². The van der Waals surface area contributed by atoms with Gasteiger partial charge in [-0.3, -0.25) is 9.48 Å². The summed E-state index contributed by atoms with van der Waals surface area (Å²) in [6.45, 7) is 2.88. The van der Waals surface area contributed by atoms with Crippen LogP contribution in [0.1, 0.15) is 24.3 Å². The third-order valence-corrected chi connectivity index (χ3v) is 4.89. The number of carboxylic acid groups (broad SMARTS) is 1. The number of hydrogen-bond acceptors (Lipinski definition) is 8. The Bertz CT molecular complexity index is 1240. The molecule has 0 atom stereocenters. The highest BCUT2D eigenvalue weighted by Crippen LogP contribution is 2.29. The Labute approximate surface area is 191 Å². The first-order chi connectivity index (χ1) is 16.0. The molecule has 0 saturated carbocycles. The van der Waals surface area contributed by atoms with Crippen LogP contribution >= 0.6 is 0 Å². The molecule has 0 spiro atoms. The van der Waals surface area contributed by atoms with Crippen molar-refractivity contribution in [1.82, 2.24) is 24.3 Å². The molecule has 2 N–H and O–H groups in total. The molecule has 3 aromatic rings. The molecule has 14 heteroatoms. The Morgan fingerprint density at radius 3 is 2.53 bits per heavy atom. The van der Waals surface area contributed by atoms with E-state index in [-0.39, 0.29) is 47.2 Å². The quantitative estimate of drug-likeness (QED) is 0.418. The number of nitrogens with one attached hydrogen (secondary N) is 1. The summed E-state index contributed by atoms with van der Waals surface area (Å²) in [7, 11) is 1.56. The number of pyridine rings is 1. The highest BCUT2D eigenvalue weighted by Gasteiger charge is 2.28. The summed E-state index contributed by atoms with van der Waals surface area (Å²) in [6, 6.07) is 2.87. The third-order valence-electron chi connectivity index (χ3n) is 4.89. The molecule has 0 amide bonds. The van der Waals surface area contributed by atoms with E-state index in [4.69, 9.17) is 0 Å². The number of carboxylic acids is 1. The first-order valence-corrected chi connectivity index (χ1v) is 10.4. The lowest BCUT2D eigenvalue weighted by Crippen LogP contribution is -2.24. The Morgan fingerprint density at radius 1 is 1.24 bits per heavy atom. The van der Waals surface area contributed by atoms with Crippen molar-refractivity contribution in [3.8, 4) is 0 Å². The van der Waals surface area contributed by atoms with Crippen LogP contribution < -0.4 is 15.8 Å². The molecule has 3 heterocycles. The number of aromatic carboxylic acids is 1. The van der Waals surface area contributed by atoms with Gasteiger partial charge in [-0.15, -0.1) is 0 Å². The van der Waals surface area contributed by atoms with Gasteiger partial charge in [0.1, 0.15) is 17.6 Å². The number of aromatic nitrogens is 5. The Balaban J connectivity index is 2.12. The molecule has 0 aliphatic heterocycles. The summed E-state index contributed by atoms with van der Waals surface area (Å²) in [4.78, 5) is 34.3. The predicted octanol–water partition coefficient (Wildman–Crippen LogP) is 2.39. The number of alkyl halides is 3. The van der Waals surface area contributed by atoms with Crippen LogP contribution in [0.3, 0.4) is 0 Å². The van der Waals surface area contributed by atoms with Crippen LogP contribution in [0.25, 0.3) is 11.0 Å². The van der Waals surface area contributed by atoms with E-state index in [9.17, 15) is 27.9 Å². The van der Waals surface area contributed by atoms with E-state index in [1.165, 1.54) is 27.6 Å². The lowest BCUT2D eigenvalue weighted by molar-refractivity contribution is -0.174. The van der Waals surface area contributed by atoms with Gasteiger partial charge in [-0.2, -0.15) is 23.3 Å². The number of carbonyl (C=O) groups is 1.